The number of pyridine rings is 1. The average Bonchev–Trinajstić information content (AvgIpc) is 3.11. The number of fused-ring (bicyclic) bond motifs is 1. The van der Waals surface area contributed by atoms with E-state index in [2.05, 4.69) is 25.7 Å². The topological polar surface area (TPSA) is 127 Å². The molecule has 3 aromatic rings. The predicted octanol–water partition coefficient (Wildman–Crippen LogP) is 1.55. The summed E-state index contributed by atoms with van der Waals surface area (Å²) in [5, 5.41) is 10.3. The molecule has 0 aliphatic heterocycles. The number of nitrogen functional groups attached to an aromatic ring is 1. The van der Waals surface area contributed by atoms with Crippen LogP contribution in [0.15, 0.2) is 36.9 Å². The lowest BCUT2D eigenvalue weighted by Gasteiger charge is -2.29. The molecule has 0 radical (unpaired) electrons. The highest BCUT2D eigenvalue weighted by Gasteiger charge is 2.26. The van der Waals surface area contributed by atoms with Crippen molar-refractivity contribution in [2.75, 3.05) is 5.73 Å². The molecular weight excluding hydrogens is 370 g/mol. The molecule has 0 bridgehead atoms. The van der Waals surface area contributed by atoms with Gasteiger partial charge in [0, 0.05) is 37.0 Å². The lowest BCUT2D eigenvalue weighted by molar-refractivity contribution is -0.119. The third kappa shape index (κ3) is 3.89. The second-order valence-electron chi connectivity index (χ2n) is 7.31. The Labute approximate surface area is 167 Å². The number of anilines is 1. The largest absolute Gasteiger partial charge is 0.382 e. The summed E-state index contributed by atoms with van der Waals surface area (Å²) >= 11 is 0. The number of carbonyl (C=O) groups excluding carboxylic acids is 2. The molecule has 0 unspecified atom stereocenters. The predicted molar refractivity (Wildman–Crippen MR) is 108 cm³/mol. The minimum absolute atomic E-state index is 0.0168. The summed E-state index contributed by atoms with van der Waals surface area (Å²) in [5.41, 5.74) is 8.64. The summed E-state index contributed by atoms with van der Waals surface area (Å²) < 4.78 is 1.64. The van der Waals surface area contributed by atoms with Crippen molar-refractivity contribution in [1.82, 2.24) is 30.2 Å². The van der Waals surface area contributed by atoms with Crippen molar-refractivity contribution < 1.29 is 9.59 Å². The molecule has 9 nitrogen and oxygen atoms in total. The summed E-state index contributed by atoms with van der Waals surface area (Å²) in [5.74, 6) is 0.0315. The number of amides is 2. The molecule has 0 spiro atoms. The average molecular weight is 393 g/mol. The fourth-order valence-corrected chi connectivity index (χ4v) is 3.90. The van der Waals surface area contributed by atoms with Gasteiger partial charge in [0.15, 0.2) is 5.82 Å². The number of nitrogens with one attached hydrogen (secondary N) is 2. The fourth-order valence-electron chi connectivity index (χ4n) is 3.90. The van der Waals surface area contributed by atoms with Crippen LogP contribution in [0.4, 0.5) is 5.82 Å². The van der Waals surface area contributed by atoms with Crippen LogP contribution in [0.25, 0.3) is 16.8 Å². The summed E-state index contributed by atoms with van der Waals surface area (Å²) in [7, 11) is 0. The Kier molecular flexibility index (Phi) is 5.11. The maximum atomic E-state index is 13.1. The Hall–Kier alpha value is -3.49. The molecule has 2 amide bonds. The number of nitrogens with two attached hydrogens (primary N) is 1. The number of rotatable bonds is 4. The molecular formula is C20H23N7O2. The second kappa shape index (κ2) is 7.86. The van der Waals surface area contributed by atoms with Gasteiger partial charge in [-0.25, -0.2) is 9.50 Å². The highest BCUT2D eigenvalue weighted by Crippen LogP contribution is 2.28. The number of nitrogens with zero attached hydrogens (tertiary/aromatic N) is 4. The van der Waals surface area contributed by atoms with Crippen LogP contribution in [0.3, 0.4) is 0 Å². The van der Waals surface area contributed by atoms with Crippen LogP contribution in [0, 0.1) is 0 Å². The van der Waals surface area contributed by atoms with Crippen molar-refractivity contribution >= 4 is 23.1 Å². The third-order valence-corrected chi connectivity index (χ3v) is 5.27. The van der Waals surface area contributed by atoms with E-state index in [4.69, 9.17) is 5.73 Å². The molecule has 4 rings (SSSR count). The van der Waals surface area contributed by atoms with E-state index >= 15 is 0 Å². The molecule has 29 heavy (non-hydrogen) atoms. The molecule has 1 saturated carbocycles. The third-order valence-electron chi connectivity index (χ3n) is 5.27. The van der Waals surface area contributed by atoms with Crippen LogP contribution in [-0.4, -0.2) is 43.5 Å². The lowest BCUT2D eigenvalue weighted by Crippen LogP contribution is -2.43. The summed E-state index contributed by atoms with van der Waals surface area (Å²) in [6, 6.07) is 5.72. The zero-order valence-corrected chi connectivity index (χ0v) is 16.1. The Balaban J connectivity index is 1.58. The smallest absolute Gasteiger partial charge is 0.253 e. The van der Waals surface area contributed by atoms with E-state index in [1.165, 1.54) is 13.3 Å². The Morgan fingerprint density at radius 3 is 2.41 bits per heavy atom. The number of hydrogen-bond acceptors (Lipinski definition) is 6. The molecule has 1 fully saturated rings. The number of hydrogen-bond donors (Lipinski definition) is 3. The van der Waals surface area contributed by atoms with Gasteiger partial charge in [-0.05, 0) is 43.9 Å². The van der Waals surface area contributed by atoms with Gasteiger partial charge >= 0.3 is 0 Å². The van der Waals surface area contributed by atoms with Gasteiger partial charge in [-0.3, -0.25) is 14.6 Å². The maximum absolute atomic E-state index is 13.1. The van der Waals surface area contributed by atoms with Crippen molar-refractivity contribution in [3.63, 3.8) is 0 Å². The highest BCUT2D eigenvalue weighted by molar-refractivity contribution is 6.05. The second-order valence-corrected chi connectivity index (χ2v) is 7.31. The zero-order valence-electron chi connectivity index (χ0n) is 16.1. The van der Waals surface area contributed by atoms with Crippen LogP contribution in [0.1, 0.15) is 43.0 Å². The Morgan fingerprint density at radius 2 is 1.76 bits per heavy atom. The van der Waals surface area contributed by atoms with E-state index in [0.717, 1.165) is 36.9 Å². The number of carbonyl (C=O) groups is 2. The van der Waals surface area contributed by atoms with Gasteiger partial charge in [-0.2, -0.15) is 5.10 Å². The van der Waals surface area contributed by atoms with Crippen LogP contribution < -0.4 is 16.4 Å². The van der Waals surface area contributed by atoms with Crippen LogP contribution >= 0.6 is 0 Å². The van der Waals surface area contributed by atoms with Gasteiger partial charge in [0.05, 0.1) is 11.3 Å². The minimum Gasteiger partial charge on any atom is -0.382 e. The summed E-state index contributed by atoms with van der Waals surface area (Å²) in [6.07, 6.45) is 8.05. The van der Waals surface area contributed by atoms with Gasteiger partial charge in [-0.1, -0.05) is 0 Å². The summed E-state index contributed by atoms with van der Waals surface area (Å²) in [6.45, 7) is 1.53. The maximum Gasteiger partial charge on any atom is 0.253 e. The molecule has 3 aromatic heterocycles. The number of aromatic nitrogens is 4. The van der Waals surface area contributed by atoms with Gasteiger partial charge < -0.3 is 16.4 Å². The van der Waals surface area contributed by atoms with Gasteiger partial charge in [-0.15, -0.1) is 0 Å². The molecule has 1 aliphatic carbocycles. The van der Waals surface area contributed by atoms with Crippen LogP contribution in [-0.2, 0) is 4.79 Å². The van der Waals surface area contributed by atoms with Crippen molar-refractivity contribution in [3.05, 3.63) is 42.5 Å². The fraction of sp³-hybridized carbons (Fsp3) is 0.350. The van der Waals surface area contributed by atoms with E-state index in [-0.39, 0.29) is 29.7 Å². The minimum atomic E-state index is -0.202. The van der Waals surface area contributed by atoms with Gasteiger partial charge in [0.2, 0.25) is 5.91 Å². The van der Waals surface area contributed by atoms with Crippen molar-refractivity contribution in [1.29, 1.82) is 0 Å². The zero-order chi connectivity index (χ0) is 20.4. The quantitative estimate of drug-likeness (QED) is 0.617. The molecule has 0 aromatic carbocycles. The van der Waals surface area contributed by atoms with E-state index in [9.17, 15) is 9.59 Å². The Bertz CT molecular complexity index is 1040. The lowest BCUT2D eigenvalue weighted by atomic mass is 9.91. The monoisotopic (exact) mass is 393 g/mol. The normalized spacial score (nSPS) is 19.1. The van der Waals surface area contributed by atoms with E-state index in [1.807, 2.05) is 12.1 Å². The van der Waals surface area contributed by atoms with Crippen molar-refractivity contribution in [2.45, 2.75) is 44.7 Å². The first kappa shape index (κ1) is 18.9. The molecule has 9 heteroatoms. The van der Waals surface area contributed by atoms with Crippen molar-refractivity contribution in [2.24, 2.45) is 0 Å². The Morgan fingerprint density at radius 1 is 1.10 bits per heavy atom. The van der Waals surface area contributed by atoms with E-state index < -0.39 is 0 Å². The van der Waals surface area contributed by atoms with E-state index in [1.54, 1.807) is 23.0 Å². The molecule has 3 heterocycles. The standard InChI is InChI=1S/C20H23N7O2/c1-12(28)25-14-2-4-15(5-3-14)26-20(29)16-10-17(13-6-8-22-9-7-13)27-18(16)19(21)23-11-24-27/h6-11,14-15H,2-5H2,1H3,(H,25,28)(H,26,29)(H2,21,23,24)/t14-,15-. The van der Waals surface area contributed by atoms with E-state index in [0.29, 0.717) is 11.1 Å². The SMILES string of the molecule is CC(=O)N[C@H]1CC[C@H](NC(=O)c2cc(-c3ccncc3)n3ncnc(N)c23)CC1. The van der Waals surface area contributed by atoms with Crippen molar-refractivity contribution in [3.8, 4) is 11.3 Å². The highest BCUT2D eigenvalue weighted by atomic mass is 16.2. The molecule has 4 N–H and O–H groups in total. The molecule has 0 atom stereocenters. The molecule has 150 valence electrons. The first-order chi connectivity index (χ1) is 14.0. The van der Waals surface area contributed by atoms with Gasteiger partial charge in [0.25, 0.3) is 5.91 Å². The first-order valence-corrected chi connectivity index (χ1v) is 9.63. The van der Waals surface area contributed by atoms with Gasteiger partial charge in [0.1, 0.15) is 11.8 Å². The van der Waals surface area contributed by atoms with Crippen LogP contribution in [0.2, 0.25) is 0 Å². The molecule has 0 saturated heterocycles. The van der Waals surface area contributed by atoms with Crippen LogP contribution in [0.5, 0.6) is 0 Å². The molecule has 1 aliphatic rings. The summed E-state index contributed by atoms with van der Waals surface area (Å²) in [4.78, 5) is 32.4. The first-order valence-electron chi connectivity index (χ1n) is 9.63.